The quantitative estimate of drug-likeness (QED) is 0.433. The molecule has 0 unspecified atom stereocenters. The molecule has 0 saturated heterocycles. The molecule has 7 heteroatoms. The molecule has 0 aliphatic heterocycles. The summed E-state index contributed by atoms with van der Waals surface area (Å²) in [5, 5.41) is 0.346. The molecule has 2 saturated carbocycles. The Morgan fingerprint density at radius 3 is 2.35 bits per heavy atom. The van der Waals surface area contributed by atoms with Crippen molar-refractivity contribution in [2.45, 2.75) is 50.6 Å². The fourth-order valence-corrected chi connectivity index (χ4v) is 4.30. The Hall–Kier alpha value is -2.21. The van der Waals surface area contributed by atoms with Crippen molar-refractivity contribution in [3.05, 3.63) is 52.5 Å². The number of halogens is 4. The fraction of sp³-hybridized carbons (Fsp3) is 0.458. The zero-order valence-electron chi connectivity index (χ0n) is 17.2. The highest BCUT2D eigenvalue weighted by Crippen LogP contribution is 2.49. The third-order valence-corrected chi connectivity index (χ3v) is 6.45. The summed E-state index contributed by atoms with van der Waals surface area (Å²) in [5.74, 6) is 0.697. The normalized spacial score (nSPS) is 17.7. The maximum Gasteiger partial charge on any atom is 0.416 e. The second kappa shape index (κ2) is 8.38. The van der Waals surface area contributed by atoms with Gasteiger partial charge in [0.1, 0.15) is 5.75 Å². The van der Waals surface area contributed by atoms with Crippen LogP contribution in [0, 0.1) is 5.92 Å². The highest BCUT2D eigenvalue weighted by atomic mass is 35.5. The van der Waals surface area contributed by atoms with Crippen LogP contribution < -0.4 is 4.74 Å². The van der Waals surface area contributed by atoms with Gasteiger partial charge in [0.05, 0.1) is 29.2 Å². The zero-order valence-corrected chi connectivity index (χ0v) is 18.0. The van der Waals surface area contributed by atoms with Crippen LogP contribution in [0.1, 0.15) is 50.2 Å². The molecule has 0 atom stereocenters. The molecule has 2 aromatic carbocycles. The summed E-state index contributed by atoms with van der Waals surface area (Å²) in [7, 11) is 0. The van der Waals surface area contributed by atoms with E-state index in [2.05, 4.69) is 0 Å². The molecule has 2 aliphatic rings. The van der Waals surface area contributed by atoms with Crippen LogP contribution in [0.15, 0.2) is 36.4 Å². The smallest absolute Gasteiger partial charge is 0.416 e. The Labute approximate surface area is 184 Å². The third-order valence-electron chi connectivity index (χ3n) is 6.15. The van der Waals surface area contributed by atoms with Gasteiger partial charge in [0.25, 0.3) is 0 Å². The molecule has 3 nitrogen and oxygen atoms in total. The van der Waals surface area contributed by atoms with Gasteiger partial charge in [0, 0.05) is 5.56 Å². The molecule has 4 rings (SSSR count). The van der Waals surface area contributed by atoms with Crippen molar-refractivity contribution in [1.82, 2.24) is 0 Å². The molecule has 0 N–H and O–H groups in total. The van der Waals surface area contributed by atoms with Gasteiger partial charge in [0.2, 0.25) is 0 Å². The van der Waals surface area contributed by atoms with E-state index in [1.54, 1.807) is 13.0 Å². The third kappa shape index (κ3) is 4.40. The lowest BCUT2D eigenvalue weighted by molar-refractivity contribution is -0.154. The van der Waals surface area contributed by atoms with Crippen LogP contribution in [-0.2, 0) is 21.1 Å². The summed E-state index contributed by atoms with van der Waals surface area (Å²) in [6, 6.07) is 8.43. The van der Waals surface area contributed by atoms with Gasteiger partial charge in [-0.1, -0.05) is 30.2 Å². The van der Waals surface area contributed by atoms with Gasteiger partial charge in [-0.3, -0.25) is 4.79 Å². The first-order valence-electron chi connectivity index (χ1n) is 10.6. The van der Waals surface area contributed by atoms with Crippen LogP contribution >= 0.6 is 11.6 Å². The summed E-state index contributed by atoms with van der Waals surface area (Å²) < 4.78 is 50.3. The van der Waals surface area contributed by atoms with Crippen LogP contribution in [0.4, 0.5) is 13.2 Å². The van der Waals surface area contributed by atoms with Crippen molar-refractivity contribution in [3.8, 4) is 16.9 Å². The number of benzene rings is 2. The van der Waals surface area contributed by atoms with E-state index in [1.807, 2.05) is 6.07 Å². The Bertz CT molecular complexity index is 961. The van der Waals surface area contributed by atoms with Crippen molar-refractivity contribution in [3.63, 3.8) is 0 Å². The molecule has 0 aromatic heterocycles. The summed E-state index contributed by atoms with van der Waals surface area (Å²) in [6.45, 7) is 2.58. The average Bonchev–Trinajstić information content (AvgIpc) is 3.49. The second-order valence-corrected chi connectivity index (χ2v) is 8.72. The summed E-state index contributed by atoms with van der Waals surface area (Å²) >= 11 is 6.64. The van der Waals surface area contributed by atoms with Gasteiger partial charge in [-0.05, 0) is 73.9 Å². The first-order chi connectivity index (χ1) is 14.7. The summed E-state index contributed by atoms with van der Waals surface area (Å²) in [6.07, 6.45) is 0.0301. The van der Waals surface area contributed by atoms with E-state index >= 15 is 0 Å². The fourth-order valence-electron chi connectivity index (χ4n) is 3.98. The van der Waals surface area contributed by atoms with E-state index in [1.165, 1.54) is 12.1 Å². The Kier molecular flexibility index (Phi) is 5.95. The topological polar surface area (TPSA) is 35.5 Å². The minimum Gasteiger partial charge on any atom is -0.493 e. The van der Waals surface area contributed by atoms with E-state index < -0.39 is 17.2 Å². The molecule has 0 radical (unpaired) electrons. The number of hydrogen-bond acceptors (Lipinski definition) is 3. The van der Waals surface area contributed by atoms with Gasteiger partial charge in [-0.15, -0.1) is 0 Å². The second-order valence-electron chi connectivity index (χ2n) is 8.32. The number of alkyl halides is 3. The summed E-state index contributed by atoms with van der Waals surface area (Å²) in [4.78, 5) is 12.7. The van der Waals surface area contributed by atoms with E-state index in [0.29, 0.717) is 53.9 Å². The van der Waals surface area contributed by atoms with Crippen molar-refractivity contribution in [2.24, 2.45) is 5.92 Å². The molecule has 0 heterocycles. The molecule has 0 bridgehead atoms. The van der Waals surface area contributed by atoms with E-state index in [4.69, 9.17) is 21.1 Å². The molecule has 0 amide bonds. The summed E-state index contributed by atoms with van der Waals surface area (Å²) in [5.41, 5.74) is 0.354. The number of hydrogen-bond donors (Lipinski definition) is 0. The number of carbonyl (C=O) groups excluding carboxylic acids is 1. The number of ether oxygens (including phenoxy) is 2. The molecule has 2 aromatic rings. The van der Waals surface area contributed by atoms with Gasteiger partial charge in [-0.2, -0.15) is 13.2 Å². The predicted octanol–water partition coefficient (Wildman–Crippen LogP) is 6.80. The lowest BCUT2D eigenvalue weighted by atomic mass is 9.64. The SMILES string of the molecule is CCOC(=O)C1(c2cc(Cl)c(-c3ccc(C(F)(F)F)cc3)c(OCC3CC3)c2)CCC1. The van der Waals surface area contributed by atoms with Crippen molar-refractivity contribution >= 4 is 17.6 Å². The lowest BCUT2D eigenvalue weighted by Gasteiger charge is -2.40. The molecular weight excluding hydrogens is 429 g/mol. The average molecular weight is 453 g/mol. The van der Waals surface area contributed by atoms with Gasteiger partial charge in [0.15, 0.2) is 0 Å². The first-order valence-corrected chi connectivity index (χ1v) is 10.9. The van der Waals surface area contributed by atoms with E-state index in [9.17, 15) is 18.0 Å². The maximum atomic E-state index is 13.0. The van der Waals surface area contributed by atoms with Crippen LogP contribution in [0.25, 0.3) is 11.1 Å². The highest BCUT2D eigenvalue weighted by molar-refractivity contribution is 6.33. The standard InChI is InChI=1S/C24H24ClF3O3/c1-2-30-22(29)23(10-3-11-23)18-12-19(25)21(20(13-18)31-14-15-4-5-15)16-6-8-17(9-7-16)24(26,27)28/h6-9,12-13,15H,2-5,10-11,14H2,1H3. The maximum absolute atomic E-state index is 13.0. The van der Waals surface area contributed by atoms with Crippen LogP contribution in [0.3, 0.4) is 0 Å². The van der Waals surface area contributed by atoms with Crippen molar-refractivity contribution < 1.29 is 27.4 Å². The molecule has 0 spiro atoms. The minimum absolute atomic E-state index is 0.271. The Balaban J connectivity index is 1.75. The van der Waals surface area contributed by atoms with Crippen LogP contribution in [-0.4, -0.2) is 19.2 Å². The van der Waals surface area contributed by atoms with Crippen molar-refractivity contribution in [2.75, 3.05) is 13.2 Å². The molecular formula is C24H24ClF3O3. The molecule has 2 fully saturated rings. The molecule has 2 aliphatic carbocycles. The van der Waals surface area contributed by atoms with E-state index in [-0.39, 0.29) is 5.97 Å². The number of carbonyl (C=O) groups is 1. The number of rotatable bonds is 7. The van der Waals surface area contributed by atoms with Crippen LogP contribution in [0.5, 0.6) is 5.75 Å². The first kappa shape index (κ1) is 22.0. The molecule has 31 heavy (non-hydrogen) atoms. The Morgan fingerprint density at radius 1 is 1.16 bits per heavy atom. The van der Waals surface area contributed by atoms with Crippen LogP contribution in [0.2, 0.25) is 5.02 Å². The highest BCUT2D eigenvalue weighted by Gasteiger charge is 2.47. The molecule has 166 valence electrons. The van der Waals surface area contributed by atoms with E-state index in [0.717, 1.165) is 37.0 Å². The zero-order chi connectivity index (χ0) is 22.2. The largest absolute Gasteiger partial charge is 0.493 e. The predicted molar refractivity (Wildman–Crippen MR) is 112 cm³/mol. The lowest BCUT2D eigenvalue weighted by Crippen LogP contribution is -2.43. The van der Waals surface area contributed by atoms with Crippen molar-refractivity contribution in [1.29, 1.82) is 0 Å². The van der Waals surface area contributed by atoms with Gasteiger partial charge >= 0.3 is 12.1 Å². The Morgan fingerprint density at radius 2 is 1.84 bits per heavy atom. The minimum atomic E-state index is -4.41. The monoisotopic (exact) mass is 452 g/mol. The van der Waals surface area contributed by atoms with Gasteiger partial charge in [-0.25, -0.2) is 0 Å². The number of esters is 1. The van der Waals surface area contributed by atoms with Gasteiger partial charge < -0.3 is 9.47 Å².